The Morgan fingerprint density at radius 1 is 1.30 bits per heavy atom. The Morgan fingerprint density at radius 2 is 2.10 bits per heavy atom. The third-order valence-corrected chi connectivity index (χ3v) is 5.25. The summed E-state index contributed by atoms with van der Waals surface area (Å²) in [4.78, 5) is 0.952. The van der Waals surface area contributed by atoms with Crippen LogP contribution in [0.25, 0.3) is 4.96 Å². The van der Waals surface area contributed by atoms with Crippen molar-refractivity contribution in [3.63, 3.8) is 0 Å². The second-order valence-electron chi connectivity index (χ2n) is 5.95. The van der Waals surface area contributed by atoms with E-state index in [4.69, 9.17) is 10.8 Å². The molecule has 1 atom stereocenters. The second-order valence-corrected chi connectivity index (χ2v) is 6.99. The van der Waals surface area contributed by atoms with Crippen molar-refractivity contribution in [1.82, 2.24) is 19.8 Å². The van der Waals surface area contributed by atoms with Crippen molar-refractivity contribution < 1.29 is 0 Å². The molecule has 2 aromatic heterocycles. The highest BCUT2D eigenvalue weighted by molar-refractivity contribution is 7.16. The fourth-order valence-electron chi connectivity index (χ4n) is 3.01. The first-order valence-electron chi connectivity index (χ1n) is 7.69. The summed E-state index contributed by atoms with van der Waals surface area (Å²) in [6.07, 6.45) is 8.37. The van der Waals surface area contributed by atoms with Crippen molar-refractivity contribution in [1.29, 1.82) is 0 Å². The van der Waals surface area contributed by atoms with Crippen LogP contribution in [0.2, 0.25) is 0 Å². The van der Waals surface area contributed by atoms with E-state index < -0.39 is 0 Å². The maximum Gasteiger partial charge on any atom is 0.234 e. The van der Waals surface area contributed by atoms with Crippen LogP contribution in [0.3, 0.4) is 0 Å². The van der Waals surface area contributed by atoms with Crippen LogP contribution in [0.5, 0.6) is 0 Å². The summed E-state index contributed by atoms with van der Waals surface area (Å²) in [5.74, 6) is 2.31. The van der Waals surface area contributed by atoms with Crippen LogP contribution >= 0.6 is 11.3 Å². The van der Waals surface area contributed by atoms with Crippen LogP contribution in [-0.4, -0.2) is 26.4 Å². The number of aromatic nitrogens is 4. The average Bonchev–Trinajstić information content (AvgIpc) is 3.12. The van der Waals surface area contributed by atoms with E-state index in [1.165, 1.54) is 30.7 Å². The largest absolute Gasteiger partial charge is 0.330 e. The molecule has 0 amide bonds. The average molecular weight is 293 g/mol. The van der Waals surface area contributed by atoms with Gasteiger partial charge in [-0.15, -0.1) is 10.2 Å². The Kier molecular flexibility index (Phi) is 4.31. The Bertz CT molecular complexity index is 555. The van der Waals surface area contributed by atoms with Crippen molar-refractivity contribution in [3.05, 3.63) is 10.8 Å². The van der Waals surface area contributed by atoms with Crippen molar-refractivity contribution >= 4 is 16.3 Å². The van der Waals surface area contributed by atoms with Gasteiger partial charge in [-0.1, -0.05) is 31.1 Å². The van der Waals surface area contributed by atoms with E-state index in [1.807, 2.05) is 4.52 Å². The van der Waals surface area contributed by atoms with Gasteiger partial charge in [0.2, 0.25) is 4.96 Å². The van der Waals surface area contributed by atoms with Gasteiger partial charge < -0.3 is 5.73 Å². The third-order valence-electron chi connectivity index (χ3n) is 4.29. The van der Waals surface area contributed by atoms with Gasteiger partial charge in [-0.25, -0.2) is 0 Å². The van der Waals surface area contributed by atoms with E-state index in [0.717, 1.165) is 36.6 Å². The fourth-order valence-corrected chi connectivity index (χ4v) is 3.87. The SMILES string of the molecule is CC(CCN)CCc1nn2c(C3CCCC3)nnc2s1. The van der Waals surface area contributed by atoms with Gasteiger partial charge in [0.1, 0.15) is 5.01 Å². The molecule has 1 aliphatic carbocycles. The molecule has 0 aliphatic heterocycles. The van der Waals surface area contributed by atoms with Crippen LogP contribution in [0, 0.1) is 5.92 Å². The molecular formula is C14H23N5S. The number of hydrogen-bond donors (Lipinski definition) is 1. The number of nitrogens with two attached hydrogens (primary N) is 1. The predicted octanol–water partition coefficient (Wildman–Crippen LogP) is 2.76. The van der Waals surface area contributed by atoms with E-state index >= 15 is 0 Å². The van der Waals surface area contributed by atoms with Crippen LogP contribution in [0.15, 0.2) is 0 Å². The normalized spacial score (nSPS) is 18.1. The summed E-state index contributed by atoms with van der Waals surface area (Å²) in [6.45, 7) is 3.04. The number of fused-ring (bicyclic) bond motifs is 1. The molecule has 6 heteroatoms. The lowest BCUT2D eigenvalue weighted by Crippen LogP contribution is -2.07. The molecule has 0 radical (unpaired) electrons. The predicted molar refractivity (Wildman–Crippen MR) is 81.0 cm³/mol. The molecule has 0 spiro atoms. The number of aryl methyl sites for hydroxylation is 1. The maximum absolute atomic E-state index is 5.60. The Labute approximate surface area is 123 Å². The van der Waals surface area contributed by atoms with Crippen LogP contribution in [0.4, 0.5) is 0 Å². The van der Waals surface area contributed by atoms with Gasteiger partial charge in [0.05, 0.1) is 0 Å². The lowest BCUT2D eigenvalue weighted by Gasteiger charge is -2.07. The zero-order chi connectivity index (χ0) is 13.9. The van der Waals surface area contributed by atoms with Crippen molar-refractivity contribution in [2.45, 2.75) is 57.8 Å². The molecule has 0 aromatic carbocycles. The summed E-state index contributed by atoms with van der Waals surface area (Å²) < 4.78 is 1.99. The Balaban J connectivity index is 1.71. The van der Waals surface area contributed by atoms with Crippen LogP contribution < -0.4 is 5.73 Å². The molecule has 2 heterocycles. The number of rotatable bonds is 6. The summed E-state index contributed by atoms with van der Waals surface area (Å²) in [7, 11) is 0. The van der Waals surface area contributed by atoms with Crippen molar-refractivity contribution in [3.8, 4) is 0 Å². The van der Waals surface area contributed by atoms with Gasteiger partial charge in [-0.2, -0.15) is 9.61 Å². The number of nitrogens with zero attached hydrogens (tertiary/aromatic N) is 4. The molecule has 0 bridgehead atoms. The minimum absolute atomic E-state index is 0.566. The highest BCUT2D eigenvalue weighted by Crippen LogP contribution is 2.33. The quantitative estimate of drug-likeness (QED) is 0.889. The highest BCUT2D eigenvalue weighted by Gasteiger charge is 2.24. The van der Waals surface area contributed by atoms with Gasteiger partial charge in [0.25, 0.3) is 0 Å². The monoisotopic (exact) mass is 293 g/mol. The highest BCUT2D eigenvalue weighted by atomic mass is 32.1. The second kappa shape index (κ2) is 6.18. The Hall–Kier alpha value is -1.01. The van der Waals surface area contributed by atoms with Gasteiger partial charge in [-0.3, -0.25) is 0 Å². The maximum atomic E-state index is 5.60. The molecule has 1 unspecified atom stereocenters. The summed E-state index contributed by atoms with van der Waals surface area (Å²) in [5, 5.41) is 14.6. The zero-order valence-corrected chi connectivity index (χ0v) is 12.9. The third kappa shape index (κ3) is 2.86. The summed E-state index contributed by atoms with van der Waals surface area (Å²) >= 11 is 1.68. The van der Waals surface area contributed by atoms with Gasteiger partial charge in [-0.05, 0) is 38.1 Å². The molecular weight excluding hydrogens is 270 g/mol. The topological polar surface area (TPSA) is 69.1 Å². The smallest absolute Gasteiger partial charge is 0.234 e. The van der Waals surface area contributed by atoms with E-state index in [2.05, 4.69) is 17.1 Å². The van der Waals surface area contributed by atoms with Crippen LogP contribution in [0.1, 0.15) is 62.2 Å². The molecule has 3 rings (SSSR count). The van der Waals surface area contributed by atoms with E-state index in [-0.39, 0.29) is 0 Å². The molecule has 0 saturated heterocycles. The molecule has 5 nitrogen and oxygen atoms in total. The molecule has 20 heavy (non-hydrogen) atoms. The van der Waals surface area contributed by atoms with E-state index in [0.29, 0.717) is 11.8 Å². The minimum atomic E-state index is 0.566. The fraction of sp³-hybridized carbons (Fsp3) is 0.786. The summed E-state index contributed by atoms with van der Waals surface area (Å²) in [5.41, 5.74) is 5.60. The van der Waals surface area contributed by atoms with Gasteiger partial charge >= 0.3 is 0 Å². The van der Waals surface area contributed by atoms with E-state index in [1.54, 1.807) is 11.3 Å². The molecule has 110 valence electrons. The molecule has 1 aliphatic rings. The minimum Gasteiger partial charge on any atom is -0.330 e. The summed E-state index contributed by atoms with van der Waals surface area (Å²) in [6, 6.07) is 0. The number of hydrogen-bond acceptors (Lipinski definition) is 5. The zero-order valence-electron chi connectivity index (χ0n) is 12.1. The first-order chi connectivity index (χ1) is 9.78. The van der Waals surface area contributed by atoms with Gasteiger partial charge in [0, 0.05) is 12.3 Å². The van der Waals surface area contributed by atoms with Crippen molar-refractivity contribution in [2.75, 3.05) is 6.54 Å². The molecule has 1 saturated carbocycles. The lowest BCUT2D eigenvalue weighted by molar-refractivity contribution is 0.497. The molecule has 2 N–H and O–H groups in total. The Morgan fingerprint density at radius 3 is 2.85 bits per heavy atom. The molecule has 2 aromatic rings. The van der Waals surface area contributed by atoms with Gasteiger partial charge in [0.15, 0.2) is 5.82 Å². The molecule has 1 fully saturated rings. The lowest BCUT2D eigenvalue weighted by atomic mass is 10.0. The van der Waals surface area contributed by atoms with E-state index in [9.17, 15) is 0 Å². The van der Waals surface area contributed by atoms with Crippen LogP contribution in [-0.2, 0) is 6.42 Å². The van der Waals surface area contributed by atoms with Crippen molar-refractivity contribution in [2.24, 2.45) is 11.7 Å². The first-order valence-corrected chi connectivity index (χ1v) is 8.50. The first kappa shape index (κ1) is 13.9. The standard InChI is InChI=1S/C14H23N5S/c1-10(8-9-15)6-7-12-18-19-13(11-4-2-3-5-11)16-17-14(19)20-12/h10-11H,2-9,15H2,1H3.